The highest BCUT2D eigenvalue weighted by molar-refractivity contribution is 5.97. The average Bonchev–Trinajstić information content (AvgIpc) is 3.76. The van der Waals surface area contributed by atoms with Crippen molar-refractivity contribution in [1.29, 1.82) is 0 Å². The van der Waals surface area contributed by atoms with Gasteiger partial charge in [0.15, 0.2) is 0 Å². The number of pyridine rings is 1. The summed E-state index contributed by atoms with van der Waals surface area (Å²) in [6.45, 7) is 12.3. The fourth-order valence-electron chi connectivity index (χ4n) is 6.32. The van der Waals surface area contributed by atoms with Gasteiger partial charge in [0.05, 0.1) is 42.5 Å². The Morgan fingerprint density at radius 2 is 1.90 bits per heavy atom. The number of allylic oxidation sites excluding steroid dienone is 1. The van der Waals surface area contributed by atoms with Gasteiger partial charge in [-0.1, -0.05) is 18.7 Å². The Morgan fingerprint density at radius 3 is 2.61 bits per heavy atom. The average molecular weight is 704 g/mol. The number of nitrogens with zero attached hydrogens (tertiary/aromatic N) is 4. The Bertz CT molecular complexity index is 1880. The van der Waals surface area contributed by atoms with E-state index < -0.39 is 35.0 Å². The Labute approximate surface area is 296 Å². The third-order valence-electron chi connectivity index (χ3n) is 8.88. The quantitative estimate of drug-likeness (QED) is 0.143. The number of fused-ring (bicyclic) bond motifs is 2. The van der Waals surface area contributed by atoms with Gasteiger partial charge in [-0.05, 0) is 62.9 Å². The Kier molecular flexibility index (Phi) is 10.8. The summed E-state index contributed by atoms with van der Waals surface area (Å²) in [6, 6.07) is 4.20. The highest BCUT2D eigenvalue weighted by Gasteiger charge is 2.52. The molecule has 1 spiro atoms. The van der Waals surface area contributed by atoms with E-state index in [1.54, 1.807) is 53.2 Å². The molecule has 3 heterocycles. The number of hydroxylamine groups is 2. The number of amides is 3. The first kappa shape index (κ1) is 37.0. The van der Waals surface area contributed by atoms with E-state index in [1.807, 2.05) is 19.1 Å². The number of aliphatic carboxylic acids is 1. The number of carbonyl (C=O) groups is 4. The van der Waals surface area contributed by atoms with Crippen molar-refractivity contribution in [2.75, 3.05) is 40.5 Å². The minimum Gasteiger partial charge on any atom is -0.480 e. The van der Waals surface area contributed by atoms with E-state index in [9.17, 15) is 24.3 Å². The lowest BCUT2D eigenvalue weighted by atomic mass is 9.78. The molecule has 2 aliphatic rings. The molecule has 51 heavy (non-hydrogen) atoms. The molecule has 0 bridgehead atoms. The predicted octanol–water partition coefficient (Wildman–Crippen LogP) is 3.05. The summed E-state index contributed by atoms with van der Waals surface area (Å²) in [7, 11) is 3.31. The molecule has 15 nitrogen and oxygen atoms in total. The number of ether oxygens (including phenoxy) is 2. The number of hydrogen-bond acceptors (Lipinski definition) is 10. The molecule has 0 radical (unpaired) electrons. The molecule has 2 atom stereocenters. The predicted molar refractivity (Wildman–Crippen MR) is 186 cm³/mol. The number of aryl methyl sites for hydroxylation is 1. The molecule has 4 N–H and O–H groups in total. The van der Waals surface area contributed by atoms with Crippen LogP contribution in [0.4, 0.5) is 4.79 Å². The lowest BCUT2D eigenvalue weighted by Crippen LogP contribution is -2.42. The number of benzene rings is 1. The molecule has 5 rings (SSSR count). The molecule has 0 unspecified atom stereocenters. The monoisotopic (exact) mass is 703 g/mol. The van der Waals surface area contributed by atoms with E-state index in [1.165, 1.54) is 16.2 Å². The molecule has 0 saturated carbocycles. The largest absolute Gasteiger partial charge is 0.480 e. The van der Waals surface area contributed by atoms with Gasteiger partial charge in [-0.3, -0.25) is 24.5 Å². The molecule has 272 valence electrons. The molecule has 3 aromatic rings. The van der Waals surface area contributed by atoms with Gasteiger partial charge in [0.2, 0.25) is 5.91 Å². The fraction of sp³-hybridized carbons (Fsp3) is 0.444. The van der Waals surface area contributed by atoms with Gasteiger partial charge in [-0.25, -0.2) is 14.7 Å². The van der Waals surface area contributed by atoms with Gasteiger partial charge < -0.3 is 30.1 Å². The maximum absolute atomic E-state index is 13.5. The molecule has 0 fully saturated rings. The normalized spacial score (nSPS) is 17.3. The molecule has 1 aliphatic carbocycles. The van der Waals surface area contributed by atoms with Crippen LogP contribution < -0.4 is 10.6 Å². The van der Waals surface area contributed by atoms with Crippen molar-refractivity contribution in [3.8, 4) is 0 Å². The van der Waals surface area contributed by atoms with Crippen molar-refractivity contribution in [1.82, 2.24) is 35.8 Å². The summed E-state index contributed by atoms with van der Waals surface area (Å²) in [5, 5.41) is 24.8. The minimum absolute atomic E-state index is 0.0775. The summed E-state index contributed by atoms with van der Waals surface area (Å²) in [5.74, 6) is -1.55. The van der Waals surface area contributed by atoms with Gasteiger partial charge >= 0.3 is 12.1 Å². The lowest BCUT2D eigenvalue weighted by Gasteiger charge is -2.24. The van der Waals surface area contributed by atoms with Crippen molar-refractivity contribution in [2.45, 2.75) is 58.6 Å². The van der Waals surface area contributed by atoms with Crippen LogP contribution in [0.5, 0.6) is 0 Å². The van der Waals surface area contributed by atoms with Crippen LogP contribution in [0.1, 0.15) is 53.5 Å². The number of carboxylic acids is 1. The van der Waals surface area contributed by atoms with Crippen LogP contribution in [-0.4, -0.2) is 106 Å². The zero-order valence-electron chi connectivity index (χ0n) is 29.8. The summed E-state index contributed by atoms with van der Waals surface area (Å²) in [4.78, 5) is 62.9. The highest BCUT2D eigenvalue weighted by Crippen LogP contribution is 2.47. The number of carbonyl (C=O) groups excluding carboxylic acids is 3. The van der Waals surface area contributed by atoms with Gasteiger partial charge in [0.25, 0.3) is 5.91 Å². The number of carboxylic acid groups (broad SMARTS) is 1. The van der Waals surface area contributed by atoms with E-state index in [0.29, 0.717) is 29.2 Å². The first-order valence-corrected chi connectivity index (χ1v) is 16.6. The number of aromatic nitrogens is 3. The van der Waals surface area contributed by atoms with Crippen molar-refractivity contribution in [3.05, 3.63) is 82.6 Å². The second kappa shape index (κ2) is 14.9. The van der Waals surface area contributed by atoms with Crippen LogP contribution in [0, 0.1) is 12.3 Å². The van der Waals surface area contributed by atoms with E-state index in [2.05, 4.69) is 32.4 Å². The molecule has 1 aliphatic heterocycles. The molecule has 15 heteroatoms. The lowest BCUT2D eigenvalue weighted by molar-refractivity contribution is -0.139. The van der Waals surface area contributed by atoms with Gasteiger partial charge in [-0.15, -0.1) is 0 Å². The van der Waals surface area contributed by atoms with Crippen molar-refractivity contribution < 1.29 is 38.6 Å². The summed E-state index contributed by atoms with van der Waals surface area (Å²) < 4.78 is 11.0. The fourth-order valence-corrected chi connectivity index (χ4v) is 6.32. The van der Waals surface area contributed by atoms with Crippen LogP contribution in [-0.2, 0) is 43.2 Å². The smallest absolute Gasteiger partial charge is 0.410 e. The van der Waals surface area contributed by atoms with E-state index in [4.69, 9.17) is 14.3 Å². The minimum atomic E-state index is -1.18. The third kappa shape index (κ3) is 8.21. The summed E-state index contributed by atoms with van der Waals surface area (Å²) >= 11 is 0. The first-order chi connectivity index (χ1) is 24.1. The standard InChI is InChI=1S/C36H45N7O8/c1-8-26-30(43(7)50-12-11-49-10-9-42(6)34(48)51-35(3,4)5)40-33(47)36(26)17-23-16-25(19-37-28(23)18-36)31(44)39-27(32(45)46)15-22-13-21(2)29-24(14-22)20-38-41-29/h8,13-14,16,19-20,27H,1,9-12,15,17-18H2,2-7H3,(H,38,41)(H,39,44)(H,40,47)(H,45,46)/t27-,36+/m1/s1. The van der Waals surface area contributed by atoms with Crippen LogP contribution in [0.15, 0.2) is 54.6 Å². The zero-order chi connectivity index (χ0) is 37.1. The molecule has 3 amide bonds. The maximum atomic E-state index is 13.5. The Balaban J connectivity index is 1.18. The third-order valence-corrected chi connectivity index (χ3v) is 8.88. The van der Waals surface area contributed by atoms with E-state index in [-0.39, 0.29) is 50.6 Å². The van der Waals surface area contributed by atoms with E-state index in [0.717, 1.165) is 22.0 Å². The molecule has 1 aromatic carbocycles. The van der Waals surface area contributed by atoms with Crippen LogP contribution in [0.25, 0.3) is 10.9 Å². The second-order valence-electron chi connectivity index (χ2n) is 13.8. The van der Waals surface area contributed by atoms with Crippen molar-refractivity contribution in [3.63, 3.8) is 0 Å². The molecule has 0 saturated heterocycles. The maximum Gasteiger partial charge on any atom is 0.410 e. The number of aromatic amines is 1. The second-order valence-corrected chi connectivity index (χ2v) is 13.8. The number of hydrogen-bond donors (Lipinski definition) is 4. The first-order valence-electron chi connectivity index (χ1n) is 16.6. The Hall–Kier alpha value is -5.28. The number of likely N-dealkylation sites (N-methyl/N-ethyl adjacent to an activating group) is 1. The Morgan fingerprint density at radius 1 is 1.14 bits per heavy atom. The topological polar surface area (TPSA) is 188 Å². The van der Waals surface area contributed by atoms with Crippen LogP contribution in [0.2, 0.25) is 0 Å². The molecular formula is C36H45N7O8. The van der Waals surface area contributed by atoms with Gasteiger partial charge in [-0.2, -0.15) is 5.10 Å². The van der Waals surface area contributed by atoms with E-state index >= 15 is 0 Å². The van der Waals surface area contributed by atoms with Crippen LogP contribution in [0.3, 0.4) is 0 Å². The van der Waals surface area contributed by atoms with Crippen molar-refractivity contribution >= 4 is 34.8 Å². The van der Waals surface area contributed by atoms with Gasteiger partial charge in [0.1, 0.15) is 17.5 Å². The highest BCUT2D eigenvalue weighted by atomic mass is 16.7. The van der Waals surface area contributed by atoms with Crippen molar-refractivity contribution in [2.24, 2.45) is 5.41 Å². The molecule has 2 aromatic heterocycles. The summed E-state index contributed by atoms with van der Waals surface area (Å²) in [6.07, 6.45) is 4.89. The number of nitrogens with one attached hydrogen (secondary N) is 3. The SMILES string of the molecule is C=CC1=C(N(C)OCCOCCN(C)C(=O)OC(C)(C)C)NC(=O)[C@]12Cc1cc(C(=O)N[C@H](Cc3cc(C)c4[nH]ncc4c3)C(=O)O)cnc1C2. The van der Waals surface area contributed by atoms with Gasteiger partial charge in [0, 0.05) is 56.3 Å². The number of H-pyrrole nitrogens is 1. The number of rotatable bonds is 14. The zero-order valence-corrected chi connectivity index (χ0v) is 29.8. The molecular weight excluding hydrogens is 658 g/mol. The van der Waals surface area contributed by atoms with Crippen LogP contribution >= 0.6 is 0 Å². The summed E-state index contributed by atoms with van der Waals surface area (Å²) in [5.41, 5.74) is 3.15.